The Morgan fingerprint density at radius 1 is 1.22 bits per heavy atom. The van der Waals surface area contributed by atoms with E-state index >= 15 is 0 Å². The van der Waals surface area contributed by atoms with E-state index in [0.29, 0.717) is 6.54 Å². The van der Waals surface area contributed by atoms with Crippen LogP contribution in [0, 0.1) is 6.92 Å². The van der Waals surface area contributed by atoms with Crippen LogP contribution in [0.1, 0.15) is 45.9 Å². The van der Waals surface area contributed by atoms with Gasteiger partial charge < -0.3 is 10.6 Å². The SMILES string of the molecule is Cc1cccc(C2CCCN2C(=O)c2ccc(CN)cc2)c1.Cl. The highest BCUT2D eigenvalue weighted by molar-refractivity contribution is 5.94. The first-order valence-corrected chi connectivity index (χ1v) is 7.85. The summed E-state index contributed by atoms with van der Waals surface area (Å²) in [6, 6.07) is 16.3. The lowest BCUT2D eigenvalue weighted by molar-refractivity contribution is 0.0735. The van der Waals surface area contributed by atoms with Crippen molar-refractivity contribution >= 4 is 18.3 Å². The van der Waals surface area contributed by atoms with E-state index < -0.39 is 0 Å². The van der Waals surface area contributed by atoms with Crippen molar-refractivity contribution < 1.29 is 4.79 Å². The molecule has 0 aromatic heterocycles. The van der Waals surface area contributed by atoms with Crippen molar-refractivity contribution in [2.24, 2.45) is 5.73 Å². The Hall–Kier alpha value is -1.84. The number of carbonyl (C=O) groups excluding carboxylic acids is 1. The van der Waals surface area contributed by atoms with E-state index in [-0.39, 0.29) is 24.4 Å². The maximum atomic E-state index is 12.8. The zero-order valence-corrected chi connectivity index (χ0v) is 14.2. The van der Waals surface area contributed by atoms with Gasteiger partial charge in [-0.1, -0.05) is 42.0 Å². The summed E-state index contributed by atoms with van der Waals surface area (Å²) >= 11 is 0. The summed E-state index contributed by atoms with van der Waals surface area (Å²) in [5, 5.41) is 0. The number of likely N-dealkylation sites (tertiary alicyclic amines) is 1. The minimum absolute atomic E-state index is 0. The molecular weight excluding hydrogens is 308 g/mol. The Morgan fingerprint density at radius 3 is 2.61 bits per heavy atom. The van der Waals surface area contributed by atoms with Crippen LogP contribution in [0.2, 0.25) is 0 Å². The molecule has 0 spiro atoms. The number of hydrogen-bond acceptors (Lipinski definition) is 2. The summed E-state index contributed by atoms with van der Waals surface area (Å²) in [6.45, 7) is 3.43. The molecule has 0 aliphatic carbocycles. The minimum atomic E-state index is 0. The molecule has 1 fully saturated rings. The largest absolute Gasteiger partial charge is 0.332 e. The van der Waals surface area contributed by atoms with E-state index in [1.807, 2.05) is 29.2 Å². The lowest BCUT2D eigenvalue weighted by Crippen LogP contribution is -2.30. The molecule has 0 saturated carbocycles. The number of benzene rings is 2. The van der Waals surface area contributed by atoms with Crippen molar-refractivity contribution in [3.05, 3.63) is 70.8 Å². The Kier molecular flexibility index (Phi) is 5.80. The monoisotopic (exact) mass is 330 g/mol. The lowest BCUT2D eigenvalue weighted by atomic mass is 10.0. The number of amides is 1. The molecule has 1 saturated heterocycles. The fourth-order valence-electron chi connectivity index (χ4n) is 3.18. The lowest BCUT2D eigenvalue weighted by Gasteiger charge is -2.25. The highest BCUT2D eigenvalue weighted by Gasteiger charge is 2.30. The number of aryl methyl sites for hydroxylation is 1. The summed E-state index contributed by atoms with van der Waals surface area (Å²) < 4.78 is 0. The van der Waals surface area contributed by atoms with Gasteiger partial charge in [-0.25, -0.2) is 0 Å². The Labute approximate surface area is 143 Å². The molecule has 122 valence electrons. The molecule has 1 heterocycles. The van der Waals surface area contributed by atoms with Crippen LogP contribution in [0.25, 0.3) is 0 Å². The van der Waals surface area contributed by atoms with Crippen molar-refractivity contribution in [2.45, 2.75) is 32.4 Å². The average Bonchev–Trinajstić information content (AvgIpc) is 3.04. The molecular formula is C19H23ClN2O. The molecule has 3 rings (SSSR count). The van der Waals surface area contributed by atoms with Crippen molar-refractivity contribution in [1.29, 1.82) is 0 Å². The van der Waals surface area contributed by atoms with Crippen molar-refractivity contribution in [3.8, 4) is 0 Å². The van der Waals surface area contributed by atoms with Gasteiger partial charge in [-0.3, -0.25) is 4.79 Å². The van der Waals surface area contributed by atoms with Gasteiger partial charge in [0.2, 0.25) is 0 Å². The molecule has 0 bridgehead atoms. The van der Waals surface area contributed by atoms with Crippen LogP contribution in [0.5, 0.6) is 0 Å². The van der Waals surface area contributed by atoms with Crippen LogP contribution in [0.3, 0.4) is 0 Å². The fraction of sp³-hybridized carbons (Fsp3) is 0.316. The van der Waals surface area contributed by atoms with Gasteiger partial charge in [0, 0.05) is 18.7 Å². The van der Waals surface area contributed by atoms with Crippen LogP contribution >= 0.6 is 12.4 Å². The van der Waals surface area contributed by atoms with Crippen LogP contribution in [0.4, 0.5) is 0 Å². The van der Waals surface area contributed by atoms with Gasteiger partial charge in [0.1, 0.15) is 0 Å². The summed E-state index contributed by atoms with van der Waals surface area (Å²) in [5.74, 6) is 0.118. The highest BCUT2D eigenvalue weighted by atomic mass is 35.5. The summed E-state index contributed by atoms with van der Waals surface area (Å²) in [7, 11) is 0. The molecule has 23 heavy (non-hydrogen) atoms. The van der Waals surface area contributed by atoms with Gasteiger partial charge in [-0.2, -0.15) is 0 Å². The van der Waals surface area contributed by atoms with Gasteiger partial charge in [0.25, 0.3) is 5.91 Å². The Balaban J connectivity index is 0.00000192. The maximum absolute atomic E-state index is 12.8. The number of nitrogens with two attached hydrogens (primary N) is 1. The van der Waals surface area contributed by atoms with Crippen LogP contribution in [0.15, 0.2) is 48.5 Å². The number of halogens is 1. The van der Waals surface area contributed by atoms with Gasteiger partial charge in [-0.05, 0) is 43.0 Å². The highest BCUT2D eigenvalue weighted by Crippen LogP contribution is 2.33. The summed E-state index contributed by atoms with van der Waals surface area (Å²) in [6.07, 6.45) is 2.10. The number of hydrogen-bond donors (Lipinski definition) is 1. The fourth-order valence-corrected chi connectivity index (χ4v) is 3.18. The van der Waals surface area contributed by atoms with E-state index in [4.69, 9.17) is 5.73 Å². The van der Waals surface area contributed by atoms with Crippen LogP contribution in [-0.4, -0.2) is 17.4 Å². The van der Waals surface area contributed by atoms with Crippen LogP contribution < -0.4 is 5.73 Å². The molecule has 2 N–H and O–H groups in total. The smallest absolute Gasteiger partial charge is 0.254 e. The standard InChI is InChI=1S/C19H22N2O.ClH/c1-14-4-2-5-17(12-14)18-6-3-11-21(18)19(22)16-9-7-15(13-20)8-10-16;/h2,4-5,7-10,12,18H,3,6,11,13,20H2,1H3;1H. The minimum Gasteiger partial charge on any atom is -0.332 e. The second-order valence-electron chi connectivity index (χ2n) is 5.97. The predicted molar refractivity (Wildman–Crippen MR) is 95.8 cm³/mol. The number of rotatable bonds is 3. The van der Waals surface area contributed by atoms with E-state index in [2.05, 4.69) is 31.2 Å². The first-order chi connectivity index (χ1) is 10.7. The summed E-state index contributed by atoms with van der Waals surface area (Å²) in [4.78, 5) is 14.8. The first-order valence-electron chi connectivity index (χ1n) is 7.85. The van der Waals surface area contributed by atoms with Crippen molar-refractivity contribution in [2.75, 3.05) is 6.54 Å². The molecule has 0 radical (unpaired) electrons. The van der Waals surface area contributed by atoms with Crippen molar-refractivity contribution in [3.63, 3.8) is 0 Å². The number of nitrogens with zero attached hydrogens (tertiary/aromatic N) is 1. The molecule has 2 aromatic rings. The average molecular weight is 331 g/mol. The van der Waals surface area contributed by atoms with Crippen LogP contribution in [-0.2, 0) is 6.54 Å². The molecule has 1 atom stereocenters. The first kappa shape index (κ1) is 17.5. The van der Waals surface area contributed by atoms with E-state index in [1.165, 1.54) is 11.1 Å². The van der Waals surface area contributed by atoms with Gasteiger partial charge in [0.15, 0.2) is 0 Å². The Bertz CT molecular complexity index is 669. The molecule has 1 amide bonds. The third kappa shape index (κ3) is 3.74. The van der Waals surface area contributed by atoms with Gasteiger partial charge >= 0.3 is 0 Å². The third-order valence-corrected chi connectivity index (χ3v) is 4.38. The quantitative estimate of drug-likeness (QED) is 0.929. The second kappa shape index (κ2) is 7.62. The molecule has 4 heteroatoms. The normalized spacial score (nSPS) is 17.0. The summed E-state index contributed by atoms with van der Waals surface area (Å²) in [5.41, 5.74) is 9.89. The molecule has 1 unspecified atom stereocenters. The maximum Gasteiger partial charge on any atom is 0.254 e. The third-order valence-electron chi connectivity index (χ3n) is 4.38. The van der Waals surface area contributed by atoms with E-state index in [0.717, 1.165) is 30.5 Å². The zero-order valence-electron chi connectivity index (χ0n) is 13.4. The molecule has 1 aliphatic rings. The molecule has 2 aromatic carbocycles. The van der Waals surface area contributed by atoms with Gasteiger partial charge in [-0.15, -0.1) is 12.4 Å². The topological polar surface area (TPSA) is 46.3 Å². The second-order valence-corrected chi connectivity index (χ2v) is 5.97. The van der Waals surface area contributed by atoms with E-state index in [9.17, 15) is 4.79 Å². The molecule has 3 nitrogen and oxygen atoms in total. The van der Waals surface area contributed by atoms with Gasteiger partial charge in [0.05, 0.1) is 6.04 Å². The number of carbonyl (C=O) groups is 1. The van der Waals surface area contributed by atoms with E-state index in [1.54, 1.807) is 0 Å². The Morgan fingerprint density at radius 2 is 1.96 bits per heavy atom. The molecule has 1 aliphatic heterocycles. The van der Waals surface area contributed by atoms with Crippen molar-refractivity contribution in [1.82, 2.24) is 4.90 Å². The predicted octanol–water partition coefficient (Wildman–Crippen LogP) is 3.85. The zero-order chi connectivity index (χ0) is 15.5.